The van der Waals surface area contributed by atoms with Gasteiger partial charge in [0.25, 0.3) is 0 Å². The summed E-state index contributed by atoms with van der Waals surface area (Å²) in [6.45, 7) is 1.89. The summed E-state index contributed by atoms with van der Waals surface area (Å²) < 4.78 is 24.3. The predicted octanol–water partition coefficient (Wildman–Crippen LogP) is 2.69. The fourth-order valence-corrected chi connectivity index (χ4v) is 2.69. The Morgan fingerprint density at radius 2 is 1.93 bits per heavy atom. The first kappa shape index (κ1) is 22.7. The third kappa shape index (κ3) is 7.41. The summed E-state index contributed by atoms with van der Waals surface area (Å²) in [5, 5.41) is 5.71. The molecule has 0 aromatic heterocycles. The summed E-state index contributed by atoms with van der Waals surface area (Å²) in [5.74, 6) is 1.05. The largest absolute Gasteiger partial charge is 0.490 e. The molecule has 0 atom stereocenters. The van der Waals surface area contributed by atoms with Crippen molar-refractivity contribution in [2.45, 2.75) is 12.8 Å². The lowest BCUT2D eigenvalue weighted by atomic mass is 10.1. The standard InChI is InChI=1S/C20H23FN4O3.HI/c21-15-4-1-3-14(11-15)12-19(26)23-7-8-24-20(22)25-16-5-6-17-18(13-16)28-10-2-9-27-17;/h1,3-6,11,13H,2,7-10,12H2,(H,23,26)(H3,22,24,25);1H. The van der Waals surface area contributed by atoms with Crippen molar-refractivity contribution in [1.82, 2.24) is 5.32 Å². The quantitative estimate of drug-likeness (QED) is 0.239. The highest BCUT2D eigenvalue weighted by molar-refractivity contribution is 14.0. The van der Waals surface area contributed by atoms with Crippen molar-refractivity contribution in [3.63, 3.8) is 0 Å². The van der Waals surface area contributed by atoms with Crippen LogP contribution in [-0.4, -0.2) is 38.2 Å². The highest BCUT2D eigenvalue weighted by atomic mass is 127. The number of fused-ring (bicyclic) bond motifs is 1. The van der Waals surface area contributed by atoms with Crippen LogP contribution in [0.15, 0.2) is 47.5 Å². The molecule has 0 saturated heterocycles. The lowest BCUT2D eigenvalue weighted by Gasteiger charge is -2.11. The summed E-state index contributed by atoms with van der Waals surface area (Å²) >= 11 is 0. The number of halogens is 2. The first-order valence-corrected chi connectivity index (χ1v) is 9.08. The van der Waals surface area contributed by atoms with Gasteiger partial charge in [-0.05, 0) is 29.8 Å². The van der Waals surface area contributed by atoms with Crippen molar-refractivity contribution < 1.29 is 18.7 Å². The van der Waals surface area contributed by atoms with Crippen LogP contribution in [0.2, 0.25) is 0 Å². The van der Waals surface area contributed by atoms with Crippen LogP contribution in [-0.2, 0) is 11.2 Å². The monoisotopic (exact) mass is 514 g/mol. The molecular formula is C20H24FIN4O3. The maximum atomic E-state index is 13.1. The van der Waals surface area contributed by atoms with Gasteiger partial charge in [0.1, 0.15) is 5.82 Å². The number of nitrogens with one attached hydrogen (secondary N) is 2. The van der Waals surface area contributed by atoms with Gasteiger partial charge in [0.15, 0.2) is 17.5 Å². The minimum Gasteiger partial charge on any atom is -0.490 e. The molecule has 0 bridgehead atoms. The Balaban J connectivity index is 0.00000300. The highest BCUT2D eigenvalue weighted by Gasteiger charge is 2.11. The van der Waals surface area contributed by atoms with Gasteiger partial charge in [0, 0.05) is 24.7 Å². The number of hydrogen-bond acceptors (Lipinski definition) is 4. The normalized spacial score (nSPS) is 13.1. The van der Waals surface area contributed by atoms with E-state index in [-0.39, 0.29) is 48.1 Å². The van der Waals surface area contributed by atoms with Crippen molar-refractivity contribution >= 4 is 41.5 Å². The van der Waals surface area contributed by atoms with Crippen molar-refractivity contribution in [3.05, 3.63) is 53.8 Å². The van der Waals surface area contributed by atoms with Crippen molar-refractivity contribution in [1.29, 1.82) is 0 Å². The second kappa shape index (κ2) is 11.4. The van der Waals surface area contributed by atoms with Gasteiger partial charge in [0.05, 0.1) is 26.2 Å². The Hall–Kier alpha value is -2.56. The van der Waals surface area contributed by atoms with E-state index >= 15 is 0 Å². The second-order valence-electron chi connectivity index (χ2n) is 6.26. The lowest BCUT2D eigenvalue weighted by molar-refractivity contribution is -0.120. The molecule has 1 amide bonds. The van der Waals surface area contributed by atoms with Gasteiger partial charge in [-0.1, -0.05) is 12.1 Å². The van der Waals surface area contributed by atoms with Gasteiger partial charge in [-0.25, -0.2) is 4.39 Å². The number of benzene rings is 2. The number of hydrogen-bond donors (Lipinski definition) is 3. The van der Waals surface area contributed by atoms with Crippen LogP contribution in [0.5, 0.6) is 11.5 Å². The van der Waals surface area contributed by atoms with E-state index in [2.05, 4.69) is 15.6 Å². The molecule has 9 heteroatoms. The second-order valence-corrected chi connectivity index (χ2v) is 6.26. The molecular weight excluding hydrogens is 490 g/mol. The van der Waals surface area contributed by atoms with E-state index in [4.69, 9.17) is 15.2 Å². The van der Waals surface area contributed by atoms with E-state index < -0.39 is 0 Å². The molecule has 1 aliphatic heterocycles. The molecule has 0 unspecified atom stereocenters. The van der Waals surface area contributed by atoms with Gasteiger partial charge in [-0.3, -0.25) is 9.79 Å². The Morgan fingerprint density at radius 3 is 2.72 bits per heavy atom. The molecule has 0 aliphatic carbocycles. The molecule has 0 saturated carbocycles. The smallest absolute Gasteiger partial charge is 0.224 e. The molecule has 0 fully saturated rings. The van der Waals surface area contributed by atoms with Gasteiger partial charge >= 0.3 is 0 Å². The molecule has 156 valence electrons. The number of nitrogens with zero attached hydrogens (tertiary/aromatic N) is 1. The summed E-state index contributed by atoms with van der Waals surface area (Å²) in [4.78, 5) is 16.0. The van der Waals surface area contributed by atoms with Crippen molar-refractivity contribution in [3.8, 4) is 11.5 Å². The number of anilines is 1. The maximum absolute atomic E-state index is 13.1. The SMILES string of the molecule is I.NC(=NCCNC(=O)Cc1cccc(F)c1)Nc1ccc2c(c1)OCCCO2. The van der Waals surface area contributed by atoms with Crippen LogP contribution in [0.1, 0.15) is 12.0 Å². The topological polar surface area (TPSA) is 98.0 Å². The zero-order valence-corrected chi connectivity index (χ0v) is 18.1. The van der Waals surface area contributed by atoms with Crippen LogP contribution in [0, 0.1) is 5.82 Å². The number of carbonyl (C=O) groups is 1. The van der Waals surface area contributed by atoms with E-state index in [9.17, 15) is 9.18 Å². The fourth-order valence-electron chi connectivity index (χ4n) is 2.69. The highest BCUT2D eigenvalue weighted by Crippen LogP contribution is 2.32. The zero-order chi connectivity index (χ0) is 19.8. The Morgan fingerprint density at radius 1 is 1.14 bits per heavy atom. The molecule has 0 spiro atoms. The molecule has 2 aromatic rings. The maximum Gasteiger partial charge on any atom is 0.224 e. The summed E-state index contributed by atoms with van der Waals surface area (Å²) in [6.07, 6.45) is 0.957. The first-order valence-electron chi connectivity index (χ1n) is 9.08. The molecule has 7 nitrogen and oxygen atoms in total. The molecule has 1 heterocycles. The summed E-state index contributed by atoms with van der Waals surface area (Å²) in [5.41, 5.74) is 7.24. The Kier molecular flexibility index (Phi) is 8.97. The van der Waals surface area contributed by atoms with Crippen LogP contribution in [0.25, 0.3) is 0 Å². The van der Waals surface area contributed by atoms with E-state index in [1.807, 2.05) is 18.2 Å². The molecule has 2 aromatic carbocycles. The van der Waals surface area contributed by atoms with Crippen LogP contribution in [0.4, 0.5) is 10.1 Å². The predicted molar refractivity (Wildman–Crippen MR) is 121 cm³/mol. The summed E-state index contributed by atoms with van der Waals surface area (Å²) in [7, 11) is 0. The number of carbonyl (C=O) groups excluding carboxylic acids is 1. The number of nitrogens with two attached hydrogens (primary N) is 1. The van der Waals surface area contributed by atoms with Crippen LogP contribution < -0.4 is 25.8 Å². The van der Waals surface area contributed by atoms with Crippen molar-refractivity contribution in [2.24, 2.45) is 10.7 Å². The van der Waals surface area contributed by atoms with Crippen molar-refractivity contribution in [2.75, 3.05) is 31.6 Å². The molecule has 1 aliphatic rings. The number of guanidine groups is 1. The van der Waals surface area contributed by atoms with Gasteiger partial charge in [-0.2, -0.15) is 0 Å². The number of aliphatic imine (C=N–C) groups is 1. The third-order valence-corrected chi connectivity index (χ3v) is 3.99. The average molecular weight is 514 g/mol. The fraction of sp³-hybridized carbons (Fsp3) is 0.300. The first-order chi connectivity index (χ1) is 13.6. The number of ether oxygens (including phenoxy) is 2. The lowest BCUT2D eigenvalue weighted by Crippen LogP contribution is -2.29. The van der Waals surface area contributed by atoms with E-state index in [0.29, 0.717) is 43.4 Å². The van der Waals surface area contributed by atoms with E-state index in [1.54, 1.807) is 12.1 Å². The molecule has 3 rings (SSSR count). The van der Waals surface area contributed by atoms with Gasteiger partial charge in [-0.15, -0.1) is 24.0 Å². The number of amides is 1. The third-order valence-electron chi connectivity index (χ3n) is 3.99. The zero-order valence-electron chi connectivity index (χ0n) is 15.8. The van der Waals surface area contributed by atoms with E-state index in [0.717, 1.165) is 12.1 Å². The Labute approximate surface area is 185 Å². The van der Waals surface area contributed by atoms with Gasteiger partial charge in [0.2, 0.25) is 5.91 Å². The Bertz CT molecular complexity index is 863. The number of rotatable bonds is 6. The van der Waals surface area contributed by atoms with Crippen LogP contribution in [0.3, 0.4) is 0 Å². The average Bonchev–Trinajstić information content (AvgIpc) is 2.90. The minimum atomic E-state index is -0.358. The van der Waals surface area contributed by atoms with Gasteiger partial charge < -0.3 is 25.8 Å². The van der Waals surface area contributed by atoms with E-state index in [1.165, 1.54) is 12.1 Å². The minimum absolute atomic E-state index is 0. The summed E-state index contributed by atoms with van der Waals surface area (Å²) in [6, 6.07) is 11.4. The molecule has 0 radical (unpaired) electrons. The molecule has 29 heavy (non-hydrogen) atoms. The van der Waals surface area contributed by atoms with Crippen LogP contribution >= 0.6 is 24.0 Å². The molecule has 4 N–H and O–H groups in total.